The van der Waals surface area contributed by atoms with Crippen molar-refractivity contribution in [3.05, 3.63) is 94.0 Å². The number of halogens is 1. The maximum absolute atomic E-state index is 14.1. The van der Waals surface area contributed by atoms with Crippen LogP contribution in [0, 0.1) is 17.7 Å². The molecular formula is C25H17FN6O3S. The zero-order valence-corrected chi connectivity index (χ0v) is 19.3. The summed E-state index contributed by atoms with van der Waals surface area (Å²) in [7, 11) is 0. The SMILES string of the molecule is Nc1ncc(C#Cc2ccc3c(c2)C(=O)N(C(C(=O)Nc2nccs2)c2cc(F)ccc2O)C3)cn1. The summed E-state index contributed by atoms with van der Waals surface area (Å²) in [6.45, 7) is 0.0829. The van der Waals surface area contributed by atoms with Crippen LogP contribution in [0.1, 0.15) is 38.7 Å². The van der Waals surface area contributed by atoms with Crippen molar-refractivity contribution in [2.24, 2.45) is 0 Å². The number of benzene rings is 2. The minimum atomic E-state index is -1.30. The molecule has 2 amide bonds. The molecule has 0 spiro atoms. The molecule has 36 heavy (non-hydrogen) atoms. The maximum Gasteiger partial charge on any atom is 0.255 e. The van der Waals surface area contributed by atoms with E-state index in [0.29, 0.717) is 27.4 Å². The molecule has 1 aliphatic rings. The first-order valence-corrected chi connectivity index (χ1v) is 11.5. The number of nitrogens with one attached hydrogen (secondary N) is 1. The van der Waals surface area contributed by atoms with Crippen LogP contribution in [0.5, 0.6) is 5.75 Å². The van der Waals surface area contributed by atoms with Gasteiger partial charge in [-0.05, 0) is 35.9 Å². The smallest absolute Gasteiger partial charge is 0.255 e. The molecule has 1 aliphatic heterocycles. The van der Waals surface area contributed by atoms with E-state index in [1.165, 1.54) is 34.8 Å². The third kappa shape index (κ3) is 4.57. The summed E-state index contributed by atoms with van der Waals surface area (Å²) in [5.74, 6) is 3.97. The van der Waals surface area contributed by atoms with Crippen molar-refractivity contribution in [3.8, 4) is 17.6 Å². The Morgan fingerprint density at radius 2 is 1.92 bits per heavy atom. The van der Waals surface area contributed by atoms with Crippen LogP contribution in [0.4, 0.5) is 15.5 Å². The summed E-state index contributed by atoms with van der Waals surface area (Å²) >= 11 is 1.19. The summed E-state index contributed by atoms with van der Waals surface area (Å²) in [5.41, 5.74) is 7.60. The van der Waals surface area contributed by atoms with E-state index in [4.69, 9.17) is 5.73 Å². The number of rotatable bonds is 4. The number of anilines is 2. The molecule has 1 unspecified atom stereocenters. The molecule has 2 aromatic carbocycles. The number of hydrogen-bond donors (Lipinski definition) is 3. The molecule has 9 nitrogen and oxygen atoms in total. The van der Waals surface area contributed by atoms with E-state index in [0.717, 1.165) is 18.2 Å². The Hall–Kier alpha value is -4.82. The average molecular weight is 501 g/mol. The van der Waals surface area contributed by atoms with Gasteiger partial charge < -0.3 is 15.7 Å². The maximum atomic E-state index is 14.1. The van der Waals surface area contributed by atoms with E-state index in [-0.39, 0.29) is 23.8 Å². The van der Waals surface area contributed by atoms with Crippen LogP contribution in [-0.2, 0) is 11.3 Å². The number of nitrogens with zero attached hydrogens (tertiary/aromatic N) is 4. The highest BCUT2D eigenvalue weighted by Crippen LogP contribution is 2.36. The van der Waals surface area contributed by atoms with Crippen molar-refractivity contribution >= 4 is 34.2 Å². The van der Waals surface area contributed by atoms with Gasteiger partial charge in [0, 0.05) is 47.2 Å². The number of aromatic hydroxyl groups is 1. The Bertz CT molecular complexity index is 1530. The molecule has 4 N–H and O–H groups in total. The molecule has 0 aliphatic carbocycles. The van der Waals surface area contributed by atoms with Crippen LogP contribution in [-0.4, -0.2) is 36.8 Å². The molecule has 11 heteroatoms. The fourth-order valence-electron chi connectivity index (χ4n) is 3.81. The third-order valence-corrected chi connectivity index (χ3v) is 6.16. The highest BCUT2D eigenvalue weighted by molar-refractivity contribution is 7.13. The van der Waals surface area contributed by atoms with E-state index < -0.39 is 23.7 Å². The number of aromatic nitrogens is 3. The molecule has 178 valence electrons. The first-order valence-electron chi connectivity index (χ1n) is 10.6. The standard InChI is InChI=1S/C25H17FN6O3S/c26-17-5-6-20(33)19(10-17)21(22(34)31-25-28-7-8-36-25)32-13-16-4-3-14(9-18(16)23(32)35)1-2-15-11-29-24(27)30-12-15/h3-12,21,33H,13H2,(H2,27,29,30)(H,28,31,34). The summed E-state index contributed by atoms with van der Waals surface area (Å²) in [5, 5.41) is 15.1. The number of thiazole rings is 1. The number of nitrogens with two attached hydrogens (primary N) is 1. The van der Waals surface area contributed by atoms with Gasteiger partial charge in [-0.3, -0.25) is 14.9 Å². The summed E-state index contributed by atoms with van der Waals surface area (Å²) in [4.78, 5) is 39.8. The summed E-state index contributed by atoms with van der Waals surface area (Å²) in [6, 6.07) is 7.10. The zero-order valence-electron chi connectivity index (χ0n) is 18.5. The lowest BCUT2D eigenvalue weighted by atomic mass is 10.0. The number of fused-ring (bicyclic) bond motifs is 1. The number of carbonyl (C=O) groups excluding carboxylic acids is 2. The van der Waals surface area contributed by atoms with Crippen molar-refractivity contribution < 1.29 is 19.1 Å². The van der Waals surface area contributed by atoms with Gasteiger partial charge in [0.1, 0.15) is 17.6 Å². The van der Waals surface area contributed by atoms with E-state index >= 15 is 0 Å². The van der Waals surface area contributed by atoms with E-state index in [1.807, 2.05) is 0 Å². The molecule has 0 saturated carbocycles. The van der Waals surface area contributed by atoms with Gasteiger partial charge in [-0.2, -0.15) is 0 Å². The van der Waals surface area contributed by atoms with Crippen molar-refractivity contribution in [3.63, 3.8) is 0 Å². The van der Waals surface area contributed by atoms with Gasteiger partial charge >= 0.3 is 0 Å². The highest BCUT2D eigenvalue weighted by atomic mass is 32.1. The second kappa shape index (κ2) is 9.44. The molecule has 3 heterocycles. The van der Waals surface area contributed by atoms with Gasteiger partial charge in [-0.1, -0.05) is 17.9 Å². The molecule has 0 fully saturated rings. The van der Waals surface area contributed by atoms with E-state index in [2.05, 4.69) is 32.1 Å². The van der Waals surface area contributed by atoms with E-state index in [9.17, 15) is 19.1 Å². The zero-order chi connectivity index (χ0) is 25.2. The Kier molecular flexibility index (Phi) is 6.02. The fraction of sp³-hybridized carbons (Fsp3) is 0.0800. The normalized spacial score (nSPS) is 13.0. The van der Waals surface area contributed by atoms with Crippen LogP contribution in [0.25, 0.3) is 0 Å². The topological polar surface area (TPSA) is 134 Å². The van der Waals surface area contributed by atoms with Crippen molar-refractivity contribution in [2.45, 2.75) is 12.6 Å². The quantitative estimate of drug-likeness (QED) is 0.367. The van der Waals surface area contributed by atoms with Crippen molar-refractivity contribution in [2.75, 3.05) is 11.1 Å². The second-order valence-corrected chi connectivity index (χ2v) is 8.71. The van der Waals surface area contributed by atoms with Gasteiger partial charge in [0.05, 0.1) is 5.56 Å². The third-order valence-electron chi connectivity index (χ3n) is 5.47. The molecule has 5 rings (SSSR count). The molecule has 2 aromatic heterocycles. The average Bonchev–Trinajstić information content (AvgIpc) is 3.49. The monoisotopic (exact) mass is 500 g/mol. The van der Waals surface area contributed by atoms with E-state index in [1.54, 1.807) is 23.6 Å². The first-order chi connectivity index (χ1) is 17.4. The van der Waals surface area contributed by atoms with Crippen LogP contribution >= 0.6 is 11.3 Å². The van der Waals surface area contributed by atoms with Gasteiger partial charge in [0.25, 0.3) is 11.8 Å². The molecule has 4 aromatic rings. The molecule has 1 atom stereocenters. The lowest BCUT2D eigenvalue weighted by Gasteiger charge is -2.27. The number of phenols is 1. The van der Waals surface area contributed by atoms with Crippen molar-refractivity contribution in [1.29, 1.82) is 0 Å². The minimum Gasteiger partial charge on any atom is -0.508 e. The Morgan fingerprint density at radius 3 is 2.67 bits per heavy atom. The number of phenolic OH excluding ortho intramolecular Hbond substituents is 1. The largest absolute Gasteiger partial charge is 0.508 e. The van der Waals surface area contributed by atoms with Crippen LogP contribution < -0.4 is 11.1 Å². The van der Waals surface area contributed by atoms with Crippen LogP contribution in [0.2, 0.25) is 0 Å². The lowest BCUT2D eigenvalue weighted by Crippen LogP contribution is -2.37. The van der Waals surface area contributed by atoms with Gasteiger partial charge in [-0.15, -0.1) is 11.3 Å². The fourth-order valence-corrected chi connectivity index (χ4v) is 4.34. The highest BCUT2D eigenvalue weighted by Gasteiger charge is 2.39. The predicted molar refractivity (Wildman–Crippen MR) is 130 cm³/mol. The van der Waals surface area contributed by atoms with Crippen molar-refractivity contribution in [1.82, 2.24) is 19.9 Å². The second-order valence-electron chi connectivity index (χ2n) is 7.82. The number of carbonyl (C=O) groups is 2. The summed E-state index contributed by atoms with van der Waals surface area (Å²) in [6.07, 6.45) is 4.50. The number of amides is 2. The van der Waals surface area contributed by atoms with Gasteiger partial charge in [-0.25, -0.2) is 19.3 Å². The number of hydrogen-bond acceptors (Lipinski definition) is 8. The van der Waals surface area contributed by atoms with Gasteiger partial charge in [0.15, 0.2) is 5.13 Å². The Morgan fingerprint density at radius 1 is 1.14 bits per heavy atom. The molecular weight excluding hydrogens is 483 g/mol. The number of nitrogen functional groups attached to an aromatic ring is 1. The molecule has 0 radical (unpaired) electrons. The van der Waals surface area contributed by atoms with Gasteiger partial charge in [0.2, 0.25) is 5.95 Å². The molecule has 0 saturated heterocycles. The van der Waals surface area contributed by atoms with Crippen LogP contribution in [0.15, 0.2) is 60.4 Å². The molecule has 0 bridgehead atoms. The minimum absolute atomic E-state index is 0.0337. The van der Waals surface area contributed by atoms with Crippen LogP contribution in [0.3, 0.4) is 0 Å². The Balaban J connectivity index is 1.48. The Labute approximate surface area is 208 Å². The lowest BCUT2D eigenvalue weighted by molar-refractivity contribution is -0.120. The summed E-state index contributed by atoms with van der Waals surface area (Å²) < 4.78 is 14.1. The first kappa shape index (κ1) is 22.9. The predicted octanol–water partition coefficient (Wildman–Crippen LogP) is 3.10.